The van der Waals surface area contributed by atoms with E-state index in [-0.39, 0.29) is 6.10 Å². The van der Waals surface area contributed by atoms with Crippen molar-refractivity contribution >= 4 is 0 Å². The lowest BCUT2D eigenvalue weighted by Gasteiger charge is -2.18. The van der Waals surface area contributed by atoms with Gasteiger partial charge in [0.25, 0.3) is 22.6 Å². The number of halogens is 1. The number of fused-ring (bicyclic) bond motifs is 1. The molecule has 0 amide bonds. The van der Waals surface area contributed by atoms with E-state index < -0.39 is 0 Å². The lowest BCUT2D eigenvalue weighted by molar-refractivity contribution is -0.330. The van der Waals surface area contributed by atoms with Gasteiger partial charge in [0.15, 0.2) is 3.57 Å². The van der Waals surface area contributed by atoms with Crippen LogP contribution in [0.15, 0.2) is 12.3 Å². The maximum atomic E-state index is 9.62. The number of hydrogen-bond donors (Lipinski definition) is 1. The van der Waals surface area contributed by atoms with E-state index in [9.17, 15) is 5.11 Å². The Bertz CT molecular complexity index is 301. The number of rotatable bonds is 0. The first-order valence-electron chi connectivity index (χ1n) is 4.12. The van der Waals surface area contributed by atoms with Crippen LogP contribution in [0.1, 0.15) is 30.2 Å². The van der Waals surface area contributed by atoms with Crippen molar-refractivity contribution < 1.29 is 27.7 Å². The highest BCUT2D eigenvalue weighted by Gasteiger charge is 2.23. The molecule has 12 heavy (non-hydrogen) atoms. The summed E-state index contributed by atoms with van der Waals surface area (Å²) in [4.78, 5) is 4.21. The summed E-state index contributed by atoms with van der Waals surface area (Å²) in [5, 5.41) is 9.62. The zero-order valence-electron chi connectivity index (χ0n) is 6.66. The zero-order chi connectivity index (χ0) is 8.55. The Hall–Kier alpha value is -0.160. The lowest BCUT2D eigenvalue weighted by atomic mass is 9.94. The zero-order valence-corrected chi connectivity index (χ0v) is 8.99. The highest BCUT2D eigenvalue weighted by atomic mass is 127. The first-order chi connectivity index (χ1) is 5.79. The molecule has 0 spiro atoms. The van der Waals surface area contributed by atoms with Gasteiger partial charge in [0.1, 0.15) is 0 Å². The molecule has 1 heterocycles. The summed E-state index contributed by atoms with van der Waals surface area (Å²) < 4.78 is 1.27. The number of pyridine rings is 1. The Morgan fingerprint density at radius 3 is 3.17 bits per heavy atom. The molecule has 0 fully saturated rings. The molecule has 0 saturated carbocycles. The van der Waals surface area contributed by atoms with E-state index in [2.05, 4.69) is 4.98 Å². The van der Waals surface area contributed by atoms with Crippen molar-refractivity contribution in [2.45, 2.75) is 25.4 Å². The van der Waals surface area contributed by atoms with Gasteiger partial charge in [-0.1, -0.05) is 0 Å². The van der Waals surface area contributed by atoms with Gasteiger partial charge in [0.05, 0.1) is 11.8 Å². The first-order valence-corrected chi connectivity index (χ1v) is 5.28. The Morgan fingerprint density at radius 1 is 1.58 bits per heavy atom. The standard InChI is InChI=1S/C9H11INO/c10-7-4-5-11-9-6(7)2-1-3-8(9)12/h4-5,8,10,12H,1-3H2/q+1. The van der Waals surface area contributed by atoms with E-state index in [1.54, 1.807) is 6.20 Å². The molecule has 64 valence electrons. The average Bonchev–Trinajstić information content (AvgIpc) is 2.07. The van der Waals surface area contributed by atoms with Crippen LogP contribution in [0.4, 0.5) is 0 Å². The Morgan fingerprint density at radius 2 is 2.42 bits per heavy atom. The Labute approximate surface area is 85.2 Å². The molecule has 0 bridgehead atoms. The van der Waals surface area contributed by atoms with Gasteiger partial charge in [-0.05, 0) is 19.3 Å². The molecule has 1 aromatic heterocycles. The number of hydrogen-bond acceptors (Lipinski definition) is 2. The summed E-state index contributed by atoms with van der Waals surface area (Å²) in [6.07, 6.45) is 4.49. The van der Waals surface area contributed by atoms with E-state index in [1.807, 2.05) is 28.7 Å². The molecule has 0 radical (unpaired) electrons. The van der Waals surface area contributed by atoms with E-state index in [1.165, 1.54) is 9.13 Å². The average molecular weight is 276 g/mol. The predicted octanol–water partition coefficient (Wildman–Crippen LogP) is -2.09. The van der Waals surface area contributed by atoms with Crippen molar-refractivity contribution in [1.29, 1.82) is 0 Å². The number of aromatic nitrogens is 1. The molecule has 0 aromatic carbocycles. The predicted molar refractivity (Wildman–Crippen MR) is 42.2 cm³/mol. The summed E-state index contributed by atoms with van der Waals surface area (Å²) in [6.45, 7) is 0. The summed E-state index contributed by atoms with van der Waals surface area (Å²) in [5.74, 6) is 0. The van der Waals surface area contributed by atoms with Crippen LogP contribution in [-0.4, -0.2) is 10.1 Å². The fourth-order valence-electron chi connectivity index (χ4n) is 1.64. The summed E-state index contributed by atoms with van der Waals surface area (Å²) >= 11 is 2.01. The fourth-order valence-corrected chi connectivity index (χ4v) is 2.40. The second-order valence-corrected chi connectivity index (χ2v) is 4.34. The summed E-state index contributed by atoms with van der Waals surface area (Å²) in [6, 6.07) is 2.02. The van der Waals surface area contributed by atoms with Gasteiger partial charge in [0, 0.05) is 17.8 Å². The Kier molecular flexibility index (Phi) is 2.32. The molecule has 1 unspecified atom stereocenters. The monoisotopic (exact) mass is 276 g/mol. The molecule has 3 heteroatoms. The minimum atomic E-state index is -0.324. The Balaban J connectivity index is 2.52. The molecule has 1 N–H and O–H groups in total. The summed E-state index contributed by atoms with van der Waals surface area (Å²) in [5.41, 5.74) is 2.17. The third-order valence-electron chi connectivity index (χ3n) is 2.27. The maximum Gasteiger partial charge on any atom is 0.297 e. The molecule has 1 atom stereocenters. The smallest absolute Gasteiger partial charge is 0.297 e. The minimum Gasteiger partial charge on any atom is -0.387 e. The molecule has 0 saturated heterocycles. The van der Waals surface area contributed by atoms with Gasteiger partial charge in [-0.3, -0.25) is 4.98 Å². The van der Waals surface area contributed by atoms with Gasteiger partial charge in [0.2, 0.25) is 0 Å². The van der Waals surface area contributed by atoms with E-state index in [4.69, 9.17) is 0 Å². The minimum absolute atomic E-state index is 0.324. The van der Waals surface area contributed by atoms with Crippen LogP contribution in [0.5, 0.6) is 0 Å². The lowest BCUT2D eigenvalue weighted by Crippen LogP contribution is -3.34. The molecular formula is C9H11INO+. The van der Waals surface area contributed by atoms with Crippen molar-refractivity contribution in [2.75, 3.05) is 0 Å². The van der Waals surface area contributed by atoms with E-state index in [0.29, 0.717) is 0 Å². The van der Waals surface area contributed by atoms with Crippen LogP contribution in [0.3, 0.4) is 0 Å². The highest BCUT2D eigenvalue weighted by Crippen LogP contribution is 2.26. The van der Waals surface area contributed by atoms with Gasteiger partial charge in [-0.25, -0.2) is 0 Å². The van der Waals surface area contributed by atoms with Crippen LogP contribution in [0.2, 0.25) is 0 Å². The topological polar surface area (TPSA) is 33.1 Å². The van der Waals surface area contributed by atoms with Crippen molar-refractivity contribution in [2.24, 2.45) is 0 Å². The SMILES string of the molecule is OC1CCCc2c([IH+])ccnc21. The van der Waals surface area contributed by atoms with Gasteiger partial charge >= 0.3 is 0 Å². The normalized spacial score (nSPS) is 22.0. The number of aliphatic hydroxyl groups is 1. The maximum absolute atomic E-state index is 9.62. The first kappa shape index (κ1) is 8.44. The molecular weight excluding hydrogens is 265 g/mol. The van der Waals surface area contributed by atoms with Gasteiger partial charge < -0.3 is 5.11 Å². The van der Waals surface area contributed by atoms with Crippen molar-refractivity contribution in [1.82, 2.24) is 4.98 Å². The van der Waals surface area contributed by atoms with Crippen LogP contribution in [-0.2, 0) is 6.42 Å². The molecule has 1 aliphatic carbocycles. The van der Waals surface area contributed by atoms with Crippen molar-refractivity contribution in [3.63, 3.8) is 0 Å². The van der Waals surface area contributed by atoms with Crippen LogP contribution < -0.4 is 22.6 Å². The molecule has 2 nitrogen and oxygen atoms in total. The highest BCUT2D eigenvalue weighted by molar-refractivity contribution is 5.23. The second kappa shape index (κ2) is 3.30. The van der Waals surface area contributed by atoms with Gasteiger partial charge in [-0.2, -0.15) is 0 Å². The second-order valence-electron chi connectivity index (χ2n) is 3.08. The number of nitrogens with zero attached hydrogens (tertiary/aromatic N) is 1. The largest absolute Gasteiger partial charge is 0.387 e. The van der Waals surface area contributed by atoms with Crippen LogP contribution >= 0.6 is 0 Å². The van der Waals surface area contributed by atoms with Crippen molar-refractivity contribution in [3.8, 4) is 0 Å². The quantitative estimate of drug-likeness (QED) is 0.551. The third kappa shape index (κ3) is 1.35. The summed E-state index contributed by atoms with van der Waals surface area (Å²) in [7, 11) is 0. The molecule has 2 rings (SSSR count). The molecule has 1 aliphatic rings. The van der Waals surface area contributed by atoms with Crippen LogP contribution in [0.25, 0.3) is 0 Å². The van der Waals surface area contributed by atoms with E-state index in [0.717, 1.165) is 25.0 Å². The number of aliphatic hydroxyl groups excluding tert-OH is 1. The molecule has 0 aliphatic heterocycles. The van der Waals surface area contributed by atoms with E-state index >= 15 is 0 Å². The van der Waals surface area contributed by atoms with Gasteiger partial charge in [-0.15, -0.1) is 0 Å². The molecule has 1 aromatic rings. The fraction of sp³-hybridized carbons (Fsp3) is 0.444. The third-order valence-corrected chi connectivity index (χ3v) is 3.36. The van der Waals surface area contributed by atoms with Crippen molar-refractivity contribution in [3.05, 3.63) is 27.1 Å². The van der Waals surface area contributed by atoms with Crippen LogP contribution in [0, 0.1) is 3.57 Å².